The molecular weight excluding hydrogens is 1130 g/mol. The number of aromatic nitrogens is 8. The van der Waals surface area contributed by atoms with Gasteiger partial charge in [0.25, 0.3) is 17.7 Å². The second kappa shape index (κ2) is 27.4. The summed E-state index contributed by atoms with van der Waals surface area (Å²) in [4.78, 5) is 87.0. The number of nitrogens with zero attached hydrogens (tertiary/aromatic N) is 13. The Hall–Kier alpha value is -8.70. The van der Waals surface area contributed by atoms with Gasteiger partial charge in [-0.05, 0) is 92.5 Å². The molecule has 4 aliphatic heterocycles. The summed E-state index contributed by atoms with van der Waals surface area (Å²) in [6, 6.07) is 32.0. The van der Waals surface area contributed by atoms with Gasteiger partial charge in [0.05, 0.1) is 35.5 Å². The lowest BCUT2D eigenvalue weighted by Crippen LogP contribution is -2.60. The van der Waals surface area contributed by atoms with Gasteiger partial charge in [0.1, 0.15) is 34.3 Å². The number of rotatable bonds is 14. The van der Waals surface area contributed by atoms with Gasteiger partial charge in [-0.2, -0.15) is 9.97 Å². The topological polar surface area (TPSA) is 234 Å². The fourth-order valence-electron chi connectivity index (χ4n) is 13.4. The van der Waals surface area contributed by atoms with E-state index in [1.165, 1.54) is 42.7 Å². The number of amides is 3. The van der Waals surface area contributed by atoms with E-state index in [4.69, 9.17) is 19.6 Å². The van der Waals surface area contributed by atoms with Gasteiger partial charge < -0.3 is 49.0 Å². The molecule has 4 unspecified atom stereocenters. The second-order valence-corrected chi connectivity index (χ2v) is 24.7. The molecule has 2 aromatic carbocycles. The first-order valence-corrected chi connectivity index (χ1v) is 31.3. The third-order valence-corrected chi connectivity index (χ3v) is 17.6. The van der Waals surface area contributed by atoms with Crippen LogP contribution < -0.4 is 10.6 Å². The van der Waals surface area contributed by atoms with Crippen molar-refractivity contribution >= 4 is 69.3 Å². The third kappa shape index (κ3) is 14.4. The number of carboxylic acid groups (broad SMARTS) is 1. The Morgan fingerprint density at radius 2 is 0.933 bits per heavy atom. The van der Waals surface area contributed by atoms with E-state index in [0.717, 1.165) is 107 Å². The van der Waals surface area contributed by atoms with Gasteiger partial charge in [0.15, 0.2) is 0 Å². The van der Waals surface area contributed by atoms with Crippen LogP contribution in [0.15, 0.2) is 122 Å². The normalized spacial score (nSPS) is 20.3. The molecule has 4 saturated heterocycles. The fourth-order valence-corrected chi connectivity index (χ4v) is 13.4. The van der Waals surface area contributed by atoms with Crippen LogP contribution in [-0.2, 0) is 22.6 Å². The number of carbonyl (C=O) groups excluding carboxylic acids is 3. The van der Waals surface area contributed by atoms with Gasteiger partial charge in [-0.1, -0.05) is 86.3 Å². The number of anilines is 4. The lowest BCUT2D eigenvalue weighted by Gasteiger charge is -2.45. The number of nitrogens with one attached hydrogen (secondary N) is 2. The number of benzene rings is 2. The lowest BCUT2D eigenvalue weighted by molar-refractivity contribution is -0.131. The largest absolute Gasteiger partial charge is 0.478 e. The maximum Gasteiger partial charge on any atom is 0.337 e. The van der Waals surface area contributed by atoms with Crippen LogP contribution >= 0.6 is 0 Å². The molecule has 22 nitrogen and oxygen atoms in total. The van der Waals surface area contributed by atoms with Crippen molar-refractivity contribution in [1.29, 1.82) is 0 Å². The van der Waals surface area contributed by atoms with Gasteiger partial charge in [-0.15, -0.1) is 0 Å². The summed E-state index contributed by atoms with van der Waals surface area (Å²) in [5.74, 6) is 0.548. The number of aromatic carboxylic acids is 1. The molecule has 3 N–H and O–H groups in total. The Kier molecular flexibility index (Phi) is 18.6. The smallest absolute Gasteiger partial charge is 0.337 e. The third-order valence-electron chi connectivity index (χ3n) is 17.6. The van der Waals surface area contributed by atoms with Crippen LogP contribution in [0.4, 0.5) is 23.5 Å². The highest BCUT2D eigenvalue weighted by atomic mass is 16.5. The minimum Gasteiger partial charge on any atom is -0.478 e. The number of pyridine rings is 2. The van der Waals surface area contributed by atoms with E-state index in [9.17, 15) is 19.2 Å². The number of ether oxygens (including phenoxy) is 2. The van der Waals surface area contributed by atoms with E-state index >= 15 is 0 Å². The first kappa shape index (κ1) is 60.6. The first-order chi connectivity index (χ1) is 43.2. The van der Waals surface area contributed by atoms with Gasteiger partial charge in [-0.3, -0.25) is 24.2 Å². The van der Waals surface area contributed by atoms with Crippen molar-refractivity contribution in [1.82, 2.24) is 63.5 Å². The molecule has 3 amide bonds. The number of hydrogen-bond acceptors (Lipinski definition) is 16. The molecule has 8 aromatic rings. The molecule has 2 saturated carbocycles. The van der Waals surface area contributed by atoms with E-state index in [0.29, 0.717) is 71.4 Å². The highest BCUT2D eigenvalue weighted by Gasteiger charge is 2.38. The molecule has 14 rings (SSSR count). The quantitative estimate of drug-likeness (QED) is 0.0919. The minimum atomic E-state index is -1.03. The van der Waals surface area contributed by atoms with Crippen molar-refractivity contribution in [2.45, 2.75) is 120 Å². The molecule has 89 heavy (non-hydrogen) atoms. The van der Waals surface area contributed by atoms with E-state index in [-0.39, 0.29) is 47.6 Å². The molecule has 4 bridgehead atoms. The molecule has 0 spiro atoms. The number of fused-ring (bicyclic) bond motifs is 6. The van der Waals surface area contributed by atoms with Crippen molar-refractivity contribution in [3.8, 4) is 0 Å². The zero-order chi connectivity index (χ0) is 61.5. The molecule has 4 atom stereocenters. The number of carbonyl (C=O) groups is 4. The van der Waals surface area contributed by atoms with Crippen molar-refractivity contribution in [3.63, 3.8) is 0 Å². The van der Waals surface area contributed by atoms with E-state index in [1.54, 1.807) is 74.8 Å². The highest BCUT2D eigenvalue weighted by Crippen LogP contribution is 2.37. The molecule has 2 aliphatic carbocycles. The average Bonchev–Trinajstić information content (AvgIpc) is 1.79. The molecule has 464 valence electrons. The standard InChI is InChI=1S/C33H38N8O3.C20H22N6O3.C14H19NO/c1-38(2)32(43)28-14-24-16-35-33(37-30(24)41(28)25-10-6-7-11-25)36-29-13-12-23(15-34-29)31(42)40-20-26-18-39(19-27(21-40)44-26)17-22-8-4-3-5-9-22;1-25(2)18(27)15-9-13-11-22-20(23-16-8-7-12(10-21-16)19(28)29)24-17(13)26(15)14-5-3-4-6-14;1-2-5-12(6-3-1)9-15-10-13-7-4-8-14(11-15)16-13/h3-5,8-9,12-16,25-27H,6-7,10-11,17-21H2,1-2H3,(H,34,35,36,37);7-11,14H,3-6H2,1-2H3,(H,28,29)(H,21,22,23,24);1-3,5-6,13-14H,4,7-11H2. The minimum absolute atomic E-state index is 0.00663. The van der Waals surface area contributed by atoms with Crippen LogP contribution in [0, 0.1) is 0 Å². The Balaban J connectivity index is 0.000000145. The fraction of sp³-hybridized carbons (Fsp3) is 0.433. The van der Waals surface area contributed by atoms with Crippen LogP contribution in [0.3, 0.4) is 0 Å². The van der Waals surface area contributed by atoms with Crippen LogP contribution in [0.5, 0.6) is 0 Å². The van der Waals surface area contributed by atoms with Crippen molar-refractivity contribution in [2.75, 3.05) is 78.1 Å². The molecule has 10 heterocycles. The van der Waals surface area contributed by atoms with Crippen molar-refractivity contribution in [2.24, 2.45) is 0 Å². The summed E-state index contributed by atoms with van der Waals surface area (Å²) < 4.78 is 16.3. The monoisotopic (exact) mass is 1210 g/mol. The molecule has 6 aliphatic rings. The zero-order valence-corrected chi connectivity index (χ0v) is 51.2. The number of likely N-dealkylation sites (tertiary alicyclic amines) is 1. The Morgan fingerprint density at radius 3 is 1.35 bits per heavy atom. The van der Waals surface area contributed by atoms with Gasteiger partial charge in [0.2, 0.25) is 11.9 Å². The van der Waals surface area contributed by atoms with Crippen molar-refractivity contribution < 1.29 is 33.8 Å². The lowest BCUT2D eigenvalue weighted by atomic mass is 9.99. The Labute approximate surface area is 518 Å². The van der Waals surface area contributed by atoms with E-state index < -0.39 is 5.97 Å². The number of morpholine rings is 3. The average molecular weight is 1210 g/mol. The van der Waals surface area contributed by atoms with Crippen LogP contribution in [0.1, 0.15) is 136 Å². The number of hydrogen-bond donors (Lipinski definition) is 3. The maximum absolute atomic E-state index is 13.4. The van der Waals surface area contributed by atoms with Gasteiger partial charge in [0, 0.05) is 128 Å². The predicted octanol–water partition coefficient (Wildman–Crippen LogP) is 9.64. The van der Waals surface area contributed by atoms with Crippen LogP contribution in [-0.4, -0.2) is 184 Å². The summed E-state index contributed by atoms with van der Waals surface area (Å²) in [6.07, 6.45) is 19.8. The van der Waals surface area contributed by atoms with Gasteiger partial charge >= 0.3 is 5.97 Å². The maximum atomic E-state index is 13.4. The second-order valence-electron chi connectivity index (χ2n) is 24.7. The molecular formula is C67H79N15O7. The summed E-state index contributed by atoms with van der Waals surface area (Å²) >= 11 is 0. The van der Waals surface area contributed by atoms with Gasteiger partial charge in [-0.25, -0.2) is 24.7 Å². The first-order valence-electron chi connectivity index (χ1n) is 31.3. The molecule has 6 aromatic heterocycles. The summed E-state index contributed by atoms with van der Waals surface area (Å²) in [7, 11) is 7.01. The summed E-state index contributed by atoms with van der Waals surface area (Å²) in [6.45, 7) is 6.93. The Morgan fingerprint density at radius 1 is 0.506 bits per heavy atom. The molecule has 0 radical (unpaired) electrons. The summed E-state index contributed by atoms with van der Waals surface area (Å²) in [5, 5.41) is 16.8. The predicted molar refractivity (Wildman–Crippen MR) is 339 cm³/mol. The zero-order valence-electron chi connectivity index (χ0n) is 51.2. The van der Waals surface area contributed by atoms with Crippen LogP contribution in [0.25, 0.3) is 22.1 Å². The summed E-state index contributed by atoms with van der Waals surface area (Å²) in [5.41, 5.74) is 6.06. The Bertz CT molecular complexity index is 3730. The molecule has 6 fully saturated rings. The van der Waals surface area contributed by atoms with E-state index in [1.807, 2.05) is 27.7 Å². The van der Waals surface area contributed by atoms with E-state index in [2.05, 4.69) is 105 Å². The SMILES string of the molecule is CN(C)C(=O)c1cc2cnc(Nc3ccc(C(=O)N4CC5CN(Cc6ccccc6)CC(C4)O5)cn3)nc2n1C1CCCC1.CN(C)C(=O)c1cc2cnc(Nc3ccc(C(=O)O)cn3)nc2n1C1CCCC1.c1ccc(CN2CC3CCCC(C2)O3)cc1. The van der Waals surface area contributed by atoms with Crippen LogP contribution in [0.2, 0.25) is 0 Å². The number of carboxylic acids is 1. The molecule has 22 heteroatoms. The van der Waals surface area contributed by atoms with Crippen molar-refractivity contribution in [3.05, 3.63) is 155 Å². The highest BCUT2D eigenvalue weighted by molar-refractivity contribution is 5.99.